The molecule has 61 heavy (non-hydrogen) atoms. The van der Waals surface area contributed by atoms with Crippen LogP contribution in [0.15, 0.2) is 109 Å². The average Bonchev–Trinajstić information content (AvgIpc) is 3.27. The van der Waals surface area contributed by atoms with Crippen molar-refractivity contribution in [3.05, 3.63) is 115 Å². The molecule has 0 bridgehead atoms. The number of carbonyl (C=O) groups is 2. The number of benzene rings is 4. The minimum atomic E-state index is -0.423. The quantitative estimate of drug-likeness (QED) is 0.0229. The number of unbranched alkanes of at least 4 members (excludes halogenated alkanes) is 9. The zero-order chi connectivity index (χ0) is 43.5. The van der Waals surface area contributed by atoms with Crippen LogP contribution in [0.3, 0.4) is 0 Å². The van der Waals surface area contributed by atoms with E-state index in [1.807, 2.05) is 74.5 Å². The van der Waals surface area contributed by atoms with Gasteiger partial charge in [-0.3, -0.25) is 4.79 Å². The summed E-state index contributed by atoms with van der Waals surface area (Å²) in [6, 6.07) is 31.5. The molecule has 0 radical (unpaired) electrons. The fraction of sp³-hybridized carbons (Fsp3) is 0.462. The van der Waals surface area contributed by atoms with Crippen molar-refractivity contribution in [1.29, 1.82) is 0 Å². The second-order valence-corrected chi connectivity index (χ2v) is 16.0. The SMILES string of the molecule is C=C(C)C(=O)Oc1ccc(-c2ccc(COCCCCCCCOCC(CO)COCCCCCCCCOc3ccc(-c4ccc(OC(=O)C(C)C)cc4)cc3)cc2)cc1. The summed E-state index contributed by atoms with van der Waals surface area (Å²) in [5.41, 5.74) is 5.79. The summed E-state index contributed by atoms with van der Waals surface area (Å²) in [5.74, 6) is 1.13. The van der Waals surface area contributed by atoms with Crippen molar-refractivity contribution >= 4 is 11.9 Å². The van der Waals surface area contributed by atoms with Gasteiger partial charge in [0.05, 0.1) is 39.0 Å². The van der Waals surface area contributed by atoms with Crippen molar-refractivity contribution in [2.45, 2.75) is 98.0 Å². The van der Waals surface area contributed by atoms with Gasteiger partial charge >= 0.3 is 11.9 Å². The van der Waals surface area contributed by atoms with Gasteiger partial charge in [-0.15, -0.1) is 0 Å². The number of aliphatic hydroxyl groups excluding tert-OH is 1. The molecule has 4 aromatic carbocycles. The van der Waals surface area contributed by atoms with Gasteiger partial charge in [0.15, 0.2) is 0 Å². The van der Waals surface area contributed by atoms with Gasteiger partial charge in [0, 0.05) is 31.3 Å². The van der Waals surface area contributed by atoms with E-state index < -0.39 is 5.97 Å². The minimum Gasteiger partial charge on any atom is -0.494 e. The Hall–Kier alpha value is -4.80. The highest BCUT2D eigenvalue weighted by Gasteiger charge is 2.11. The van der Waals surface area contributed by atoms with Crippen LogP contribution in [0.2, 0.25) is 0 Å². The molecule has 4 rings (SSSR count). The average molecular weight is 837 g/mol. The highest BCUT2D eigenvalue weighted by molar-refractivity contribution is 5.88. The molecule has 9 nitrogen and oxygen atoms in total. The van der Waals surface area contributed by atoms with Crippen molar-refractivity contribution in [2.75, 3.05) is 46.2 Å². The van der Waals surface area contributed by atoms with E-state index in [0.717, 1.165) is 105 Å². The molecule has 0 heterocycles. The first-order valence-corrected chi connectivity index (χ1v) is 22.2. The Balaban J connectivity index is 0.901. The number of ether oxygens (including phenoxy) is 6. The van der Waals surface area contributed by atoms with E-state index in [4.69, 9.17) is 28.4 Å². The molecule has 1 atom stereocenters. The predicted molar refractivity (Wildman–Crippen MR) is 243 cm³/mol. The normalized spacial score (nSPS) is 11.7. The molecule has 330 valence electrons. The fourth-order valence-corrected chi connectivity index (χ4v) is 6.38. The zero-order valence-electron chi connectivity index (χ0n) is 36.7. The van der Waals surface area contributed by atoms with E-state index >= 15 is 0 Å². The second-order valence-electron chi connectivity index (χ2n) is 16.0. The first kappa shape index (κ1) is 48.9. The van der Waals surface area contributed by atoms with Gasteiger partial charge in [-0.2, -0.15) is 0 Å². The Labute approximate surface area is 364 Å². The Morgan fingerprint density at radius 1 is 0.525 bits per heavy atom. The van der Waals surface area contributed by atoms with Gasteiger partial charge in [-0.1, -0.05) is 126 Å². The fourth-order valence-electron chi connectivity index (χ4n) is 6.38. The van der Waals surface area contributed by atoms with Gasteiger partial charge in [0.1, 0.15) is 17.2 Å². The number of esters is 2. The third-order valence-electron chi connectivity index (χ3n) is 10.2. The van der Waals surface area contributed by atoms with Crippen molar-refractivity contribution in [2.24, 2.45) is 11.8 Å². The molecule has 0 aromatic heterocycles. The molecule has 0 fully saturated rings. The standard InChI is InChI=1S/C52H68O9/c1-40(2)51(54)60-49-28-22-46(23-29-49)44-18-16-42(17-19-44)37-56-32-13-9-7-10-14-34-58-39-43(36-53)38-57-33-12-8-5-6-11-15-35-59-48-26-20-45(21-27-48)47-24-30-50(31-25-47)61-52(55)41(3)4/h16-31,41,43,53H,1,5-15,32-39H2,2-4H3. The number of rotatable bonds is 31. The maximum absolute atomic E-state index is 11.8. The molecule has 1 N–H and O–H groups in total. The molecular formula is C52H68O9. The van der Waals surface area contributed by atoms with Crippen LogP contribution >= 0.6 is 0 Å². The topological polar surface area (TPSA) is 110 Å². The van der Waals surface area contributed by atoms with Crippen molar-refractivity contribution in [3.63, 3.8) is 0 Å². The van der Waals surface area contributed by atoms with E-state index in [0.29, 0.717) is 50.1 Å². The summed E-state index contributed by atoms with van der Waals surface area (Å²) >= 11 is 0. The van der Waals surface area contributed by atoms with E-state index in [9.17, 15) is 14.7 Å². The van der Waals surface area contributed by atoms with Crippen LogP contribution in [-0.4, -0.2) is 63.3 Å². The molecule has 9 heteroatoms. The van der Waals surface area contributed by atoms with Crippen molar-refractivity contribution in [3.8, 4) is 39.5 Å². The highest BCUT2D eigenvalue weighted by atomic mass is 16.5. The summed E-state index contributed by atoms with van der Waals surface area (Å²) in [6.07, 6.45) is 12.2. The number of hydrogen-bond acceptors (Lipinski definition) is 9. The van der Waals surface area contributed by atoms with Crippen LogP contribution in [0.1, 0.15) is 97.0 Å². The van der Waals surface area contributed by atoms with Gasteiger partial charge in [0.25, 0.3) is 0 Å². The first-order valence-electron chi connectivity index (χ1n) is 22.2. The third-order valence-corrected chi connectivity index (χ3v) is 10.2. The Kier molecular flexibility index (Phi) is 23.0. The van der Waals surface area contributed by atoms with Crippen LogP contribution in [-0.2, 0) is 30.4 Å². The Morgan fingerprint density at radius 3 is 1.36 bits per heavy atom. The molecule has 0 spiro atoms. The zero-order valence-corrected chi connectivity index (χ0v) is 36.7. The molecule has 0 saturated heterocycles. The second kappa shape index (κ2) is 28.7. The molecule has 0 amide bonds. The monoisotopic (exact) mass is 836 g/mol. The summed E-state index contributed by atoms with van der Waals surface area (Å²) in [6.45, 7) is 13.5. The maximum atomic E-state index is 11.8. The van der Waals surface area contributed by atoms with E-state index in [1.165, 1.54) is 12.8 Å². The lowest BCUT2D eigenvalue weighted by Crippen LogP contribution is -2.20. The van der Waals surface area contributed by atoms with Gasteiger partial charge < -0.3 is 33.5 Å². The molecule has 0 aliphatic rings. The minimum absolute atomic E-state index is 0.0187. The molecule has 1 unspecified atom stereocenters. The van der Waals surface area contributed by atoms with E-state index in [1.54, 1.807) is 19.1 Å². The van der Waals surface area contributed by atoms with Crippen LogP contribution in [0.4, 0.5) is 0 Å². The third kappa shape index (κ3) is 19.6. The lowest BCUT2D eigenvalue weighted by Gasteiger charge is -2.15. The number of carbonyl (C=O) groups excluding carboxylic acids is 2. The molecule has 0 aliphatic heterocycles. The van der Waals surface area contributed by atoms with Gasteiger partial charge in [-0.05, 0) is 96.8 Å². The largest absolute Gasteiger partial charge is 0.494 e. The van der Waals surface area contributed by atoms with Crippen LogP contribution in [0.25, 0.3) is 22.3 Å². The number of aliphatic hydroxyl groups is 1. The van der Waals surface area contributed by atoms with Crippen molar-refractivity contribution in [1.82, 2.24) is 0 Å². The van der Waals surface area contributed by atoms with Crippen LogP contribution in [0.5, 0.6) is 17.2 Å². The lowest BCUT2D eigenvalue weighted by atomic mass is 10.0. The van der Waals surface area contributed by atoms with E-state index in [-0.39, 0.29) is 24.4 Å². The summed E-state index contributed by atoms with van der Waals surface area (Å²) in [4.78, 5) is 23.5. The number of hydrogen-bond donors (Lipinski definition) is 1. The highest BCUT2D eigenvalue weighted by Crippen LogP contribution is 2.26. The summed E-state index contributed by atoms with van der Waals surface area (Å²) < 4.78 is 34.2. The van der Waals surface area contributed by atoms with Crippen molar-refractivity contribution < 1.29 is 43.1 Å². The molecule has 0 aliphatic carbocycles. The first-order chi connectivity index (χ1) is 29.7. The summed E-state index contributed by atoms with van der Waals surface area (Å²) in [7, 11) is 0. The van der Waals surface area contributed by atoms with E-state index in [2.05, 4.69) is 30.8 Å². The van der Waals surface area contributed by atoms with Gasteiger partial charge in [-0.25, -0.2) is 4.79 Å². The smallest absolute Gasteiger partial charge is 0.338 e. The Morgan fingerprint density at radius 2 is 0.918 bits per heavy atom. The van der Waals surface area contributed by atoms with Crippen LogP contribution in [0, 0.1) is 11.8 Å². The predicted octanol–water partition coefficient (Wildman–Crippen LogP) is 11.6. The Bertz CT molecular complexity index is 1820. The lowest BCUT2D eigenvalue weighted by molar-refractivity contribution is -0.137. The summed E-state index contributed by atoms with van der Waals surface area (Å²) in [5, 5.41) is 9.75. The molecule has 0 saturated carbocycles. The van der Waals surface area contributed by atoms with Gasteiger partial charge in [0.2, 0.25) is 0 Å². The maximum Gasteiger partial charge on any atom is 0.338 e. The molecular weight excluding hydrogens is 769 g/mol. The molecule has 4 aromatic rings. The van der Waals surface area contributed by atoms with Crippen LogP contribution < -0.4 is 14.2 Å².